The van der Waals surface area contributed by atoms with E-state index in [0.717, 1.165) is 0 Å². The second-order valence-corrected chi connectivity index (χ2v) is 7.00. The standard InChI is InChI=1S/C20H20N6O2/c1-13(2)12-26-20(28)15-8-4-3-7-14(15)18(24-26)19(27)21-11-17-23-22-16-9-5-6-10-25(16)17/h3-10,13H,11-12H2,1-2H3,(H,21,27). The molecule has 142 valence electrons. The Balaban J connectivity index is 1.68. The summed E-state index contributed by atoms with van der Waals surface area (Å²) in [5.74, 6) is 0.481. The molecule has 0 aliphatic carbocycles. The third kappa shape index (κ3) is 3.24. The van der Waals surface area contributed by atoms with Crippen LogP contribution in [0.15, 0.2) is 53.5 Å². The molecule has 0 aliphatic rings. The molecule has 8 heteroatoms. The van der Waals surface area contributed by atoms with E-state index in [-0.39, 0.29) is 29.6 Å². The van der Waals surface area contributed by atoms with Crippen molar-refractivity contribution in [2.24, 2.45) is 5.92 Å². The summed E-state index contributed by atoms with van der Waals surface area (Å²) in [5.41, 5.74) is 0.745. The van der Waals surface area contributed by atoms with Crippen LogP contribution in [0, 0.1) is 5.92 Å². The van der Waals surface area contributed by atoms with Crippen LogP contribution >= 0.6 is 0 Å². The fourth-order valence-electron chi connectivity index (χ4n) is 3.13. The molecule has 1 aromatic carbocycles. The molecule has 0 bridgehead atoms. The van der Waals surface area contributed by atoms with Crippen molar-refractivity contribution in [2.45, 2.75) is 26.9 Å². The summed E-state index contributed by atoms with van der Waals surface area (Å²) in [5, 5.41) is 16.4. The predicted octanol–water partition coefficient (Wildman–Crippen LogP) is 2.03. The van der Waals surface area contributed by atoms with E-state index in [1.54, 1.807) is 24.3 Å². The Labute approximate surface area is 160 Å². The maximum absolute atomic E-state index is 12.9. The van der Waals surface area contributed by atoms with Gasteiger partial charge in [0.15, 0.2) is 17.2 Å². The van der Waals surface area contributed by atoms with E-state index in [1.807, 2.05) is 42.6 Å². The average Bonchev–Trinajstić information content (AvgIpc) is 3.11. The normalized spacial score (nSPS) is 11.4. The molecule has 0 aliphatic heterocycles. The molecule has 0 spiro atoms. The van der Waals surface area contributed by atoms with E-state index in [9.17, 15) is 9.59 Å². The lowest BCUT2D eigenvalue weighted by atomic mass is 10.1. The molecule has 28 heavy (non-hydrogen) atoms. The van der Waals surface area contributed by atoms with Gasteiger partial charge in [0.1, 0.15) is 0 Å². The summed E-state index contributed by atoms with van der Waals surface area (Å²) in [6, 6.07) is 12.6. The first-order valence-corrected chi connectivity index (χ1v) is 9.11. The van der Waals surface area contributed by atoms with Crippen LogP contribution < -0.4 is 10.9 Å². The van der Waals surface area contributed by atoms with Crippen LogP contribution in [0.25, 0.3) is 16.4 Å². The fourth-order valence-corrected chi connectivity index (χ4v) is 3.13. The van der Waals surface area contributed by atoms with E-state index in [1.165, 1.54) is 4.68 Å². The van der Waals surface area contributed by atoms with Crippen LogP contribution in [0.5, 0.6) is 0 Å². The molecule has 0 saturated heterocycles. The number of carbonyl (C=O) groups excluding carboxylic acids is 1. The molecule has 0 radical (unpaired) electrons. The van der Waals surface area contributed by atoms with Gasteiger partial charge in [-0.25, -0.2) is 4.68 Å². The quantitative estimate of drug-likeness (QED) is 0.575. The van der Waals surface area contributed by atoms with Crippen LogP contribution in [-0.4, -0.2) is 30.3 Å². The van der Waals surface area contributed by atoms with Gasteiger partial charge in [-0.3, -0.25) is 14.0 Å². The first-order chi connectivity index (χ1) is 13.5. The van der Waals surface area contributed by atoms with Crippen LogP contribution in [0.3, 0.4) is 0 Å². The number of nitrogens with one attached hydrogen (secondary N) is 1. The number of hydrogen-bond donors (Lipinski definition) is 1. The van der Waals surface area contributed by atoms with Crippen LogP contribution in [0.1, 0.15) is 30.2 Å². The Bertz CT molecular complexity index is 1220. The van der Waals surface area contributed by atoms with Crippen molar-refractivity contribution in [1.29, 1.82) is 0 Å². The average molecular weight is 376 g/mol. The molecule has 0 fully saturated rings. The number of nitrogens with zero attached hydrogens (tertiary/aromatic N) is 5. The zero-order valence-corrected chi connectivity index (χ0v) is 15.7. The van der Waals surface area contributed by atoms with Crippen molar-refractivity contribution >= 4 is 22.3 Å². The molecule has 8 nitrogen and oxygen atoms in total. The van der Waals surface area contributed by atoms with E-state index in [0.29, 0.717) is 28.8 Å². The molecule has 4 aromatic rings. The Morgan fingerprint density at radius 2 is 1.82 bits per heavy atom. The summed E-state index contributed by atoms with van der Waals surface area (Å²) in [4.78, 5) is 25.6. The minimum atomic E-state index is -0.360. The topological polar surface area (TPSA) is 94.2 Å². The monoisotopic (exact) mass is 376 g/mol. The molecular weight excluding hydrogens is 356 g/mol. The molecule has 1 N–H and O–H groups in total. The number of hydrogen-bond acceptors (Lipinski definition) is 5. The summed E-state index contributed by atoms with van der Waals surface area (Å²) in [7, 11) is 0. The lowest BCUT2D eigenvalue weighted by molar-refractivity contribution is 0.0944. The van der Waals surface area contributed by atoms with Crippen LogP contribution in [-0.2, 0) is 13.1 Å². The van der Waals surface area contributed by atoms with Gasteiger partial charge in [-0.2, -0.15) is 5.10 Å². The maximum Gasteiger partial charge on any atom is 0.274 e. The largest absolute Gasteiger partial charge is 0.343 e. The second-order valence-electron chi connectivity index (χ2n) is 7.00. The molecule has 3 heterocycles. The zero-order chi connectivity index (χ0) is 19.7. The number of amides is 1. The molecule has 0 unspecified atom stereocenters. The van der Waals surface area contributed by atoms with Gasteiger partial charge >= 0.3 is 0 Å². The number of benzene rings is 1. The first-order valence-electron chi connectivity index (χ1n) is 9.11. The Morgan fingerprint density at radius 3 is 2.61 bits per heavy atom. The molecular formula is C20H20N6O2. The zero-order valence-electron chi connectivity index (χ0n) is 15.7. The first kappa shape index (κ1) is 17.8. The SMILES string of the molecule is CC(C)Cn1nc(C(=O)NCc2nnc3ccccn23)c2ccccc2c1=O. The molecule has 0 atom stereocenters. The number of aromatic nitrogens is 5. The second kappa shape index (κ2) is 7.22. The van der Waals surface area contributed by atoms with Gasteiger partial charge in [-0.1, -0.05) is 38.1 Å². The van der Waals surface area contributed by atoms with Crippen LogP contribution in [0.4, 0.5) is 0 Å². The lowest BCUT2D eigenvalue weighted by Crippen LogP contribution is -2.31. The van der Waals surface area contributed by atoms with E-state index in [2.05, 4.69) is 20.6 Å². The van der Waals surface area contributed by atoms with Crippen molar-refractivity contribution in [3.05, 3.63) is 70.5 Å². The molecule has 3 aromatic heterocycles. The van der Waals surface area contributed by atoms with Gasteiger partial charge in [0.2, 0.25) is 0 Å². The summed E-state index contributed by atoms with van der Waals surface area (Å²) < 4.78 is 3.18. The Morgan fingerprint density at radius 1 is 1.07 bits per heavy atom. The van der Waals surface area contributed by atoms with Gasteiger partial charge in [0.05, 0.1) is 11.9 Å². The highest BCUT2D eigenvalue weighted by Gasteiger charge is 2.17. The fraction of sp³-hybridized carbons (Fsp3) is 0.250. The highest BCUT2D eigenvalue weighted by Crippen LogP contribution is 2.14. The van der Waals surface area contributed by atoms with E-state index in [4.69, 9.17) is 0 Å². The number of carbonyl (C=O) groups is 1. The molecule has 4 rings (SSSR count). The molecule has 1 amide bonds. The van der Waals surface area contributed by atoms with Crippen molar-refractivity contribution < 1.29 is 4.79 Å². The Hall–Kier alpha value is -3.55. The third-order valence-corrected chi connectivity index (χ3v) is 4.41. The number of rotatable bonds is 5. The van der Waals surface area contributed by atoms with Gasteiger partial charge in [0.25, 0.3) is 11.5 Å². The molecule has 0 saturated carbocycles. The summed E-state index contributed by atoms with van der Waals surface area (Å²) in [6.45, 7) is 4.64. The van der Waals surface area contributed by atoms with Crippen LogP contribution in [0.2, 0.25) is 0 Å². The van der Waals surface area contributed by atoms with Gasteiger partial charge < -0.3 is 5.32 Å². The van der Waals surface area contributed by atoms with E-state index < -0.39 is 0 Å². The van der Waals surface area contributed by atoms with Crippen molar-refractivity contribution in [1.82, 2.24) is 29.7 Å². The third-order valence-electron chi connectivity index (χ3n) is 4.41. The Kier molecular flexibility index (Phi) is 4.60. The predicted molar refractivity (Wildman–Crippen MR) is 105 cm³/mol. The number of pyridine rings is 1. The smallest absolute Gasteiger partial charge is 0.274 e. The minimum Gasteiger partial charge on any atom is -0.343 e. The number of fused-ring (bicyclic) bond motifs is 2. The van der Waals surface area contributed by atoms with Gasteiger partial charge in [-0.05, 0) is 24.1 Å². The minimum absolute atomic E-state index is 0.190. The summed E-state index contributed by atoms with van der Waals surface area (Å²) >= 11 is 0. The van der Waals surface area contributed by atoms with Crippen molar-refractivity contribution in [3.63, 3.8) is 0 Å². The van der Waals surface area contributed by atoms with Gasteiger partial charge in [0, 0.05) is 18.1 Å². The summed E-state index contributed by atoms with van der Waals surface area (Å²) in [6.07, 6.45) is 1.84. The maximum atomic E-state index is 12.9. The highest BCUT2D eigenvalue weighted by atomic mass is 16.2. The van der Waals surface area contributed by atoms with Gasteiger partial charge in [-0.15, -0.1) is 10.2 Å². The lowest BCUT2D eigenvalue weighted by Gasteiger charge is -2.12. The van der Waals surface area contributed by atoms with Crippen molar-refractivity contribution in [3.8, 4) is 0 Å². The highest BCUT2D eigenvalue weighted by molar-refractivity contribution is 6.04. The van der Waals surface area contributed by atoms with E-state index >= 15 is 0 Å². The van der Waals surface area contributed by atoms with Crippen molar-refractivity contribution in [2.75, 3.05) is 0 Å².